The summed E-state index contributed by atoms with van der Waals surface area (Å²) in [6.45, 7) is 1.73. The Morgan fingerprint density at radius 1 is 1.25 bits per heavy atom. The standard InChI is InChI=1S/C23H25Cl2N5O2/c24-16-3-1-2-14(8-16)21(11-26)30-23(31)20-9-15(12-27-20)18-10-22(28-13-19(18)25)29-17-4-6-32-7-5-17/h1-3,8-10,12-13,17,21,27H,4-7,11,26H2,(H,28,29)(H,30,31)/t21-/m1/s1. The van der Waals surface area contributed by atoms with Crippen LogP contribution in [0.2, 0.25) is 10.0 Å². The molecular formula is C23H25Cl2N5O2. The van der Waals surface area contributed by atoms with Crippen molar-refractivity contribution in [3.63, 3.8) is 0 Å². The molecule has 1 aromatic carbocycles. The van der Waals surface area contributed by atoms with Gasteiger partial charge in [-0.25, -0.2) is 4.98 Å². The summed E-state index contributed by atoms with van der Waals surface area (Å²) in [6, 6.07) is 10.9. The number of carbonyl (C=O) groups excluding carboxylic acids is 1. The summed E-state index contributed by atoms with van der Waals surface area (Å²) in [4.78, 5) is 20.3. The van der Waals surface area contributed by atoms with Crippen molar-refractivity contribution in [2.24, 2.45) is 5.73 Å². The van der Waals surface area contributed by atoms with Crippen molar-refractivity contribution in [3.05, 3.63) is 70.1 Å². The van der Waals surface area contributed by atoms with Crippen molar-refractivity contribution in [1.82, 2.24) is 15.3 Å². The Hall–Kier alpha value is -2.58. The molecule has 1 fully saturated rings. The molecule has 3 heterocycles. The van der Waals surface area contributed by atoms with Crippen molar-refractivity contribution in [2.75, 3.05) is 25.1 Å². The largest absolute Gasteiger partial charge is 0.381 e. The molecule has 168 valence electrons. The molecule has 0 aliphatic carbocycles. The Bertz CT molecular complexity index is 1080. The van der Waals surface area contributed by atoms with Gasteiger partial charge >= 0.3 is 0 Å². The lowest BCUT2D eigenvalue weighted by Crippen LogP contribution is -2.33. The highest BCUT2D eigenvalue weighted by molar-refractivity contribution is 6.33. The summed E-state index contributed by atoms with van der Waals surface area (Å²) in [6.07, 6.45) is 5.24. The molecule has 0 spiro atoms. The number of hydrogen-bond donors (Lipinski definition) is 4. The van der Waals surface area contributed by atoms with Crippen LogP contribution in [0.3, 0.4) is 0 Å². The highest BCUT2D eigenvalue weighted by atomic mass is 35.5. The van der Waals surface area contributed by atoms with Gasteiger partial charge in [-0.15, -0.1) is 0 Å². The van der Waals surface area contributed by atoms with Crippen LogP contribution in [0.15, 0.2) is 48.8 Å². The fraction of sp³-hybridized carbons (Fsp3) is 0.304. The van der Waals surface area contributed by atoms with Crippen LogP contribution in [-0.4, -0.2) is 41.7 Å². The number of anilines is 1. The molecule has 0 saturated carbocycles. The van der Waals surface area contributed by atoms with E-state index in [1.165, 1.54) is 0 Å². The third-order valence-corrected chi connectivity index (χ3v) is 6.00. The summed E-state index contributed by atoms with van der Waals surface area (Å²) >= 11 is 12.5. The van der Waals surface area contributed by atoms with E-state index in [2.05, 4.69) is 20.6 Å². The van der Waals surface area contributed by atoms with E-state index >= 15 is 0 Å². The first-order chi connectivity index (χ1) is 15.5. The van der Waals surface area contributed by atoms with E-state index < -0.39 is 0 Å². The number of nitrogens with zero attached hydrogens (tertiary/aromatic N) is 1. The minimum Gasteiger partial charge on any atom is -0.381 e. The Labute approximate surface area is 196 Å². The molecule has 1 saturated heterocycles. The van der Waals surface area contributed by atoms with Gasteiger partial charge in [0, 0.05) is 54.3 Å². The van der Waals surface area contributed by atoms with Crippen LogP contribution in [0, 0.1) is 0 Å². The predicted octanol–water partition coefficient (Wildman–Crippen LogP) is 4.40. The molecule has 0 unspecified atom stereocenters. The maximum atomic E-state index is 12.8. The third-order valence-electron chi connectivity index (χ3n) is 5.46. The van der Waals surface area contributed by atoms with Crippen LogP contribution in [0.25, 0.3) is 11.1 Å². The monoisotopic (exact) mass is 473 g/mol. The highest BCUT2D eigenvalue weighted by Gasteiger charge is 2.18. The summed E-state index contributed by atoms with van der Waals surface area (Å²) < 4.78 is 5.41. The van der Waals surface area contributed by atoms with Gasteiger partial charge < -0.3 is 26.1 Å². The van der Waals surface area contributed by atoms with Gasteiger partial charge in [0.2, 0.25) is 0 Å². The van der Waals surface area contributed by atoms with E-state index in [1.54, 1.807) is 30.6 Å². The van der Waals surface area contributed by atoms with Crippen LogP contribution in [-0.2, 0) is 4.74 Å². The normalized spacial score (nSPS) is 15.3. The van der Waals surface area contributed by atoms with E-state index in [4.69, 9.17) is 33.7 Å². The molecule has 32 heavy (non-hydrogen) atoms. The molecule has 4 rings (SSSR count). The second-order valence-corrected chi connectivity index (χ2v) is 8.54. The number of benzene rings is 1. The van der Waals surface area contributed by atoms with Crippen LogP contribution in [0.1, 0.15) is 34.9 Å². The van der Waals surface area contributed by atoms with Gasteiger partial charge in [0.05, 0.1) is 11.1 Å². The number of halogens is 2. The first-order valence-corrected chi connectivity index (χ1v) is 11.2. The average molecular weight is 474 g/mol. The second-order valence-electron chi connectivity index (χ2n) is 7.70. The molecule has 5 N–H and O–H groups in total. The van der Waals surface area contributed by atoms with Gasteiger partial charge in [0.15, 0.2) is 0 Å². The molecular weight excluding hydrogens is 449 g/mol. The van der Waals surface area contributed by atoms with Crippen LogP contribution in [0.5, 0.6) is 0 Å². The fourth-order valence-electron chi connectivity index (χ4n) is 3.71. The van der Waals surface area contributed by atoms with E-state index in [9.17, 15) is 4.79 Å². The summed E-state index contributed by atoms with van der Waals surface area (Å²) in [7, 11) is 0. The van der Waals surface area contributed by atoms with Gasteiger partial charge in [-0.2, -0.15) is 0 Å². The Morgan fingerprint density at radius 3 is 2.81 bits per heavy atom. The lowest BCUT2D eigenvalue weighted by Gasteiger charge is -2.23. The van der Waals surface area contributed by atoms with Crippen LogP contribution >= 0.6 is 23.2 Å². The highest BCUT2D eigenvalue weighted by Crippen LogP contribution is 2.30. The first kappa shape index (κ1) is 22.6. The van der Waals surface area contributed by atoms with Crippen LogP contribution < -0.4 is 16.4 Å². The molecule has 7 nitrogen and oxygen atoms in total. The van der Waals surface area contributed by atoms with Crippen molar-refractivity contribution in [1.29, 1.82) is 0 Å². The number of aromatic nitrogens is 2. The smallest absolute Gasteiger partial charge is 0.268 e. The SMILES string of the molecule is NC[C@@H](NC(=O)c1cc(-c2cc(NC3CCOCC3)ncc2Cl)c[nH]1)c1cccc(Cl)c1. The minimum absolute atomic E-state index is 0.247. The lowest BCUT2D eigenvalue weighted by atomic mass is 10.1. The van der Waals surface area contributed by atoms with E-state index in [0.29, 0.717) is 21.8 Å². The van der Waals surface area contributed by atoms with Crippen LogP contribution in [0.4, 0.5) is 5.82 Å². The molecule has 0 radical (unpaired) electrons. The first-order valence-electron chi connectivity index (χ1n) is 10.5. The Balaban J connectivity index is 1.49. The van der Waals surface area contributed by atoms with Crippen molar-refractivity contribution >= 4 is 34.9 Å². The molecule has 1 aliphatic heterocycles. The fourth-order valence-corrected chi connectivity index (χ4v) is 4.12. The molecule has 1 amide bonds. The number of carbonyl (C=O) groups is 1. The van der Waals surface area contributed by atoms with E-state index in [0.717, 1.165) is 48.6 Å². The number of hydrogen-bond acceptors (Lipinski definition) is 5. The number of H-pyrrole nitrogens is 1. The number of ether oxygens (including phenoxy) is 1. The van der Waals surface area contributed by atoms with Crippen molar-refractivity contribution < 1.29 is 9.53 Å². The zero-order valence-corrected chi connectivity index (χ0v) is 18.9. The maximum absolute atomic E-state index is 12.8. The minimum atomic E-state index is -0.354. The Kier molecular flexibility index (Phi) is 7.32. The number of amides is 1. The number of pyridine rings is 1. The molecule has 0 bridgehead atoms. The topological polar surface area (TPSA) is 105 Å². The molecule has 1 aliphatic rings. The molecule has 9 heteroatoms. The van der Waals surface area contributed by atoms with Gasteiger partial charge in [-0.1, -0.05) is 35.3 Å². The van der Waals surface area contributed by atoms with Gasteiger partial charge in [-0.3, -0.25) is 4.79 Å². The molecule has 3 aromatic rings. The molecule has 1 atom stereocenters. The summed E-state index contributed by atoms with van der Waals surface area (Å²) in [5, 5.41) is 7.49. The summed E-state index contributed by atoms with van der Waals surface area (Å²) in [5.74, 6) is 0.477. The third kappa shape index (κ3) is 5.42. The Morgan fingerprint density at radius 2 is 2.06 bits per heavy atom. The number of nitrogens with one attached hydrogen (secondary N) is 3. The predicted molar refractivity (Wildman–Crippen MR) is 127 cm³/mol. The number of rotatable bonds is 7. The van der Waals surface area contributed by atoms with E-state index in [1.807, 2.05) is 18.2 Å². The second kappa shape index (κ2) is 10.4. The number of nitrogens with two attached hydrogens (primary N) is 1. The zero-order valence-electron chi connectivity index (χ0n) is 17.4. The average Bonchev–Trinajstić information content (AvgIpc) is 3.29. The van der Waals surface area contributed by atoms with Gasteiger partial charge in [0.1, 0.15) is 11.5 Å². The van der Waals surface area contributed by atoms with Gasteiger partial charge in [-0.05, 0) is 42.7 Å². The lowest BCUT2D eigenvalue weighted by molar-refractivity contribution is 0.0903. The van der Waals surface area contributed by atoms with Crippen molar-refractivity contribution in [3.8, 4) is 11.1 Å². The summed E-state index contributed by atoms with van der Waals surface area (Å²) in [5.41, 5.74) is 8.73. The van der Waals surface area contributed by atoms with Gasteiger partial charge in [0.25, 0.3) is 5.91 Å². The molecule has 2 aromatic heterocycles. The quantitative estimate of drug-likeness (QED) is 0.406. The zero-order chi connectivity index (χ0) is 22.5. The number of aromatic amines is 1. The van der Waals surface area contributed by atoms with E-state index in [-0.39, 0.29) is 18.5 Å². The van der Waals surface area contributed by atoms with Crippen molar-refractivity contribution in [2.45, 2.75) is 24.9 Å². The maximum Gasteiger partial charge on any atom is 0.268 e.